The summed E-state index contributed by atoms with van der Waals surface area (Å²) in [5, 5.41) is 0. The van der Waals surface area contributed by atoms with Crippen molar-refractivity contribution in [3.05, 3.63) is 23.7 Å². The number of rotatable bonds is 4. The number of nitrogens with zero attached hydrogens (tertiary/aromatic N) is 1. The molecule has 0 amide bonds. The van der Waals surface area contributed by atoms with E-state index in [4.69, 9.17) is 10.2 Å². The molecule has 1 fully saturated rings. The van der Waals surface area contributed by atoms with Crippen LogP contribution in [0.5, 0.6) is 0 Å². The van der Waals surface area contributed by atoms with Gasteiger partial charge in [-0.2, -0.15) is 0 Å². The zero-order valence-corrected chi connectivity index (χ0v) is 11.9. The number of furan rings is 1. The van der Waals surface area contributed by atoms with E-state index in [1.807, 2.05) is 6.92 Å². The molecule has 1 saturated carbocycles. The number of nitrogens with two attached hydrogens (primary N) is 1. The van der Waals surface area contributed by atoms with Crippen molar-refractivity contribution in [3.8, 4) is 0 Å². The molecule has 102 valence electrons. The molecule has 18 heavy (non-hydrogen) atoms. The lowest BCUT2D eigenvalue weighted by Gasteiger charge is -2.38. The summed E-state index contributed by atoms with van der Waals surface area (Å²) in [5.74, 6) is 2.09. The molecule has 0 saturated heterocycles. The highest BCUT2D eigenvalue weighted by atomic mass is 16.3. The van der Waals surface area contributed by atoms with Crippen molar-refractivity contribution < 1.29 is 4.42 Å². The molecule has 3 heteroatoms. The fourth-order valence-corrected chi connectivity index (χ4v) is 3.12. The van der Waals surface area contributed by atoms with Gasteiger partial charge in [0.05, 0.1) is 6.04 Å². The molecule has 1 unspecified atom stereocenters. The Balaban J connectivity index is 2.03. The summed E-state index contributed by atoms with van der Waals surface area (Å²) in [4.78, 5) is 2.56. The molecule has 1 aromatic rings. The van der Waals surface area contributed by atoms with E-state index in [9.17, 15) is 0 Å². The molecule has 0 radical (unpaired) electrons. The van der Waals surface area contributed by atoms with Gasteiger partial charge in [-0.15, -0.1) is 0 Å². The van der Waals surface area contributed by atoms with Crippen LogP contribution in [0.15, 0.2) is 16.5 Å². The van der Waals surface area contributed by atoms with E-state index in [0.29, 0.717) is 18.1 Å². The lowest BCUT2D eigenvalue weighted by Crippen LogP contribution is -2.42. The van der Waals surface area contributed by atoms with E-state index in [0.717, 1.165) is 30.9 Å². The van der Waals surface area contributed by atoms with Gasteiger partial charge in [-0.1, -0.05) is 6.92 Å². The minimum Gasteiger partial charge on any atom is -0.465 e. The molecule has 1 aliphatic carbocycles. The van der Waals surface area contributed by atoms with Crippen molar-refractivity contribution in [1.82, 2.24) is 4.90 Å². The molecular weight excluding hydrogens is 224 g/mol. The van der Waals surface area contributed by atoms with Crippen LogP contribution in [-0.2, 0) is 0 Å². The van der Waals surface area contributed by atoms with E-state index >= 15 is 0 Å². The summed E-state index contributed by atoms with van der Waals surface area (Å²) in [6.07, 6.45) is 4.76. The molecule has 2 N–H and O–H groups in total. The van der Waals surface area contributed by atoms with E-state index in [1.165, 1.54) is 12.8 Å². The Morgan fingerprint density at radius 3 is 2.50 bits per heavy atom. The first-order valence-corrected chi connectivity index (χ1v) is 7.19. The second-order valence-corrected chi connectivity index (χ2v) is 5.52. The summed E-state index contributed by atoms with van der Waals surface area (Å²) in [6.45, 7) is 7.56. The minimum atomic E-state index is 0.364. The Hall–Kier alpha value is -0.800. The van der Waals surface area contributed by atoms with Crippen molar-refractivity contribution in [2.24, 2.45) is 5.73 Å². The van der Waals surface area contributed by atoms with Gasteiger partial charge in [-0.3, -0.25) is 4.90 Å². The second-order valence-electron chi connectivity index (χ2n) is 5.52. The third-order valence-corrected chi connectivity index (χ3v) is 4.25. The molecule has 2 rings (SSSR count). The lowest BCUT2D eigenvalue weighted by atomic mass is 9.90. The van der Waals surface area contributed by atoms with Gasteiger partial charge in [0.15, 0.2) is 0 Å². The molecule has 1 aromatic heterocycles. The van der Waals surface area contributed by atoms with Gasteiger partial charge in [0.1, 0.15) is 11.5 Å². The summed E-state index contributed by atoms with van der Waals surface area (Å²) in [5.41, 5.74) is 5.99. The molecule has 0 aromatic carbocycles. The summed E-state index contributed by atoms with van der Waals surface area (Å²) < 4.78 is 5.77. The van der Waals surface area contributed by atoms with E-state index in [-0.39, 0.29) is 0 Å². The van der Waals surface area contributed by atoms with Crippen molar-refractivity contribution >= 4 is 0 Å². The fraction of sp³-hybridized carbons (Fsp3) is 0.733. The Labute approximate surface area is 110 Å². The highest BCUT2D eigenvalue weighted by molar-refractivity contribution is 5.09. The van der Waals surface area contributed by atoms with Crippen molar-refractivity contribution in [1.29, 1.82) is 0 Å². The van der Waals surface area contributed by atoms with E-state index in [2.05, 4.69) is 30.9 Å². The third-order valence-electron chi connectivity index (χ3n) is 4.25. The first-order valence-electron chi connectivity index (χ1n) is 7.19. The van der Waals surface area contributed by atoms with Crippen LogP contribution in [0.4, 0.5) is 0 Å². The zero-order chi connectivity index (χ0) is 13.1. The molecule has 1 atom stereocenters. The molecule has 0 bridgehead atoms. The van der Waals surface area contributed by atoms with Crippen molar-refractivity contribution in [2.45, 2.75) is 64.6 Å². The van der Waals surface area contributed by atoms with Crippen LogP contribution in [0.1, 0.15) is 57.1 Å². The predicted molar refractivity (Wildman–Crippen MR) is 74.5 cm³/mol. The topological polar surface area (TPSA) is 42.4 Å². The fourth-order valence-electron chi connectivity index (χ4n) is 3.12. The van der Waals surface area contributed by atoms with Gasteiger partial charge >= 0.3 is 0 Å². The van der Waals surface area contributed by atoms with Gasteiger partial charge in [-0.05, 0) is 58.2 Å². The van der Waals surface area contributed by atoms with Crippen LogP contribution in [0.2, 0.25) is 0 Å². The molecule has 0 spiro atoms. The summed E-state index contributed by atoms with van der Waals surface area (Å²) in [6, 6.07) is 5.60. The smallest absolute Gasteiger partial charge is 0.121 e. The van der Waals surface area contributed by atoms with Crippen molar-refractivity contribution in [2.75, 3.05) is 6.54 Å². The number of aryl methyl sites for hydroxylation is 1. The Morgan fingerprint density at radius 2 is 2.00 bits per heavy atom. The van der Waals surface area contributed by atoms with Crippen LogP contribution >= 0.6 is 0 Å². The lowest BCUT2D eigenvalue weighted by molar-refractivity contribution is 0.102. The zero-order valence-electron chi connectivity index (χ0n) is 11.9. The van der Waals surface area contributed by atoms with E-state index in [1.54, 1.807) is 0 Å². The van der Waals surface area contributed by atoms with Crippen LogP contribution < -0.4 is 5.73 Å². The van der Waals surface area contributed by atoms with Gasteiger partial charge in [0, 0.05) is 12.1 Å². The molecule has 1 heterocycles. The maximum atomic E-state index is 5.99. The standard InChI is InChI=1S/C15H26N2O/c1-4-17(14-8-6-13(16)7-9-14)12(3)15-10-5-11(2)18-15/h5,10,12-14H,4,6-9,16H2,1-3H3. The minimum absolute atomic E-state index is 0.364. The second kappa shape index (κ2) is 5.89. The first kappa shape index (κ1) is 13.6. The van der Waals surface area contributed by atoms with Gasteiger partial charge in [-0.25, -0.2) is 0 Å². The maximum Gasteiger partial charge on any atom is 0.121 e. The Morgan fingerprint density at radius 1 is 1.33 bits per heavy atom. The largest absolute Gasteiger partial charge is 0.465 e. The van der Waals surface area contributed by atoms with Gasteiger partial charge in [0.2, 0.25) is 0 Å². The SMILES string of the molecule is CCN(C1CCC(N)CC1)C(C)c1ccc(C)o1. The molecule has 3 nitrogen and oxygen atoms in total. The highest BCUT2D eigenvalue weighted by Crippen LogP contribution is 2.30. The summed E-state index contributed by atoms with van der Waals surface area (Å²) >= 11 is 0. The Bertz CT molecular complexity index is 366. The van der Waals surface area contributed by atoms with Crippen LogP contribution in [-0.4, -0.2) is 23.5 Å². The first-order chi connectivity index (χ1) is 8.61. The van der Waals surface area contributed by atoms with Gasteiger partial charge < -0.3 is 10.2 Å². The number of hydrogen-bond acceptors (Lipinski definition) is 3. The van der Waals surface area contributed by atoms with Gasteiger partial charge in [0.25, 0.3) is 0 Å². The van der Waals surface area contributed by atoms with Crippen molar-refractivity contribution in [3.63, 3.8) is 0 Å². The predicted octanol–water partition coefficient (Wildman–Crippen LogP) is 3.24. The van der Waals surface area contributed by atoms with E-state index < -0.39 is 0 Å². The highest BCUT2D eigenvalue weighted by Gasteiger charge is 2.28. The van der Waals surface area contributed by atoms with Crippen LogP contribution in [0, 0.1) is 6.92 Å². The quantitative estimate of drug-likeness (QED) is 0.892. The molecule has 1 aliphatic rings. The third kappa shape index (κ3) is 2.96. The van der Waals surface area contributed by atoms with Crippen LogP contribution in [0.25, 0.3) is 0 Å². The molecule has 0 aliphatic heterocycles. The normalized spacial score (nSPS) is 26.5. The maximum absolute atomic E-state index is 5.99. The summed E-state index contributed by atoms with van der Waals surface area (Å²) in [7, 11) is 0. The average Bonchev–Trinajstić information content (AvgIpc) is 2.79. The number of hydrogen-bond donors (Lipinski definition) is 1. The van der Waals surface area contributed by atoms with Crippen LogP contribution in [0.3, 0.4) is 0 Å². The molecular formula is C15H26N2O. The Kier molecular flexibility index (Phi) is 4.46. The monoisotopic (exact) mass is 250 g/mol. The average molecular weight is 250 g/mol.